The monoisotopic (exact) mass is 278 g/mol. The van der Waals surface area contributed by atoms with Crippen LogP contribution in [0.5, 0.6) is 0 Å². The summed E-state index contributed by atoms with van der Waals surface area (Å²) in [6, 6.07) is 6.45. The number of aldehydes is 1. The molecule has 1 aromatic carbocycles. The fourth-order valence-corrected chi connectivity index (χ4v) is 3.47. The van der Waals surface area contributed by atoms with Crippen LogP contribution in [0.4, 0.5) is 5.69 Å². The molecule has 2 aliphatic rings. The molecule has 0 aliphatic carbocycles. The van der Waals surface area contributed by atoms with Crippen molar-refractivity contribution < 1.29 is 4.79 Å². The van der Waals surface area contributed by atoms with Crippen molar-refractivity contribution in [3.8, 4) is 0 Å². The van der Waals surface area contributed by atoms with Crippen LogP contribution in [0.1, 0.15) is 29.6 Å². The molecule has 4 heteroatoms. The van der Waals surface area contributed by atoms with Gasteiger partial charge in [0.1, 0.15) is 0 Å². The molecule has 0 aromatic heterocycles. The first-order valence-corrected chi connectivity index (χ1v) is 7.39. The van der Waals surface area contributed by atoms with E-state index in [1.54, 1.807) is 0 Å². The number of hydrogen-bond acceptors (Lipinski definition) is 3. The minimum absolute atomic E-state index is 0.556. The van der Waals surface area contributed by atoms with Crippen molar-refractivity contribution in [1.29, 1.82) is 0 Å². The van der Waals surface area contributed by atoms with E-state index in [0.717, 1.165) is 25.1 Å². The lowest BCUT2D eigenvalue weighted by molar-refractivity contribution is 0.112. The molecule has 102 valence electrons. The van der Waals surface area contributed by atoms with Crippen LogP contribution in [0.15, 0.2) is 18.2 Å². The summed E-state index contributed by atoms with van der Waals surface area (Å²) < 4.78 is 0. The molecule has 0 radical (unpaired) electrons. The van der Waals surface area contributed by atoms with Crippen molar-refractivity contribution in [2.24, 2.45) is 0 Å². The molecule has 2 heterocycles. The van der Waals surface area contributed by atoms with Crippen LogP contribution in [0, 0.1) is 0 Å². The van der Waals surface area contributed by atoms with Crippen LogP contribution in [-0.2, 0) is 0 Å². The molecule has 2 aliphatic heterocycles. The second kappa shape index (κ2) is 5.51. The lowest BCUT2D eigenvalue weighted by Crippen LogP contribution is -2.36. The molecule has 0 spiro atoms. The van der Waals surface area contributed by atoms with Crippen molar-refractivity contribution >= 4 is 23.6 Å². The molecule has 1 aromatic rings. The summed E-state index contributed by atoms with van der Waals surface area (Å²) in [5.74, 6) is 0. The highest BCUT2D eigenvalue weighted by molar-refractivity contribution is 6.33. The fraction of sp³-hybridized carbons (Fsp3) is 0.533. The van der Waals surface area contributed by atoms with Crippen molar-refractivity contribution in [3.63, 3.8) is 0 Å². The summed E-state index contributed by atoms with van der Waals surface area (Å²) in [5.41, 5.74) is 1.71. The van der Waals surface area contributed by atoms with Gasteiger partial charge in [0.25, 0.3) is 0 Å². The minimum atomic E-state index is 0.556. The lowest BCUT2D eigenvalue weighted by Gasteiger charge is -2.27. The zero-order valence-electron chi connectivity index (χ0n) is 11.0. The predicted molar refractivity (Wildman–Crippen MR) is 78.3 cm³/mol. The Morgan fingerprint density at radius 1 is 1.21 bits per heavy atom. The van der Waals surface area contributed by atoms with Gasteiger partial charge in [0.15, 0.2) is 6.29 Å². The Labute approximate surface area is 119 Å². The Morgan fingerprint density at radius 2 is 2.05 bits per heavy atom. The van der Waals surface area contributed by atoms with Gasteiger partial charge in [-0.15, -0.1) is 0 Å². The predicted octanol–water partition coefficient (Wildman–Crippen LogP) is 2.83. The average molecular weight is 279 g/mol. The van der Waals surface area contributed by atoms with Gasteiger partial charge in [0.2, 0.25) is 0 Å². The summed E-state index contributed by atoms with van der Waals surface area (Å²) in [5, 5.41) is 0.556. The Morgan fingerprint density at radius 3 is 2.84 bits per heavy atom. The topological polar surface area (TPSA) is 23.6 Å². The summed E-state index contributed by atoms with van der Waals surface area (Å²) in [6.45, 7) is 4.62. The molecule has 2 saturated heterocycles. The largest absolute Gasteiger partial charge is 0.370 e. The SMILES string of the molecule is O=Cc1ccc(N2CCCN3CCCC3C2)cc1Cl. The summed E-state index contributed by atoms with van der Waals surface area (Å²) >= 11 is 6.13. The molecule has 3 nitrogen and oxygen atoms in total. The number of anilines is 1. The Balaban J connectivity index is 1.80. The molecule has 19 heavy (non-hydrogen) atoms. The maximum Gasteiger partial charge on any atom is 0.151 e. The molecule has 3 rings (SSSR count). The lowest BCUT2D eigenvalue weighted by atomic mass is 10.1. The third kappa shape index (κ3) is 2.63. The van der Waals surface area contributed by atoms with E-state index in [1.165, 1.54) is 32.4 Å². The van der Waals surface area contributed by atoms with Crippen LogP contribution in [0.2, 0.25) is 5.02 Å². The molecular weight excluding hydrogens is 260 g/mol. The highest BCUT2D eigenvalue weighted by Crippen LogP contribution is 2.27. The van der Waals surface area contributed by atoms with E-state index in [-0.39, 0.29) is 0 Å². The van der Waals surface area contributed by atoms with Gasteiger partial charge in [-0.2, -0.15) is 0 Å². The molecule has 2 fully saturated rings. The van der Waals surface area contributed by atoms with Gasteiger partial charge >= 0.3 is 0 Å². The van der Waals surface area contributed by atoms with Crippen LogP contribution in [0.25, 0.3) is 0 Å². The quantitative estimate of drug-likeness (QED) is 0.777. The maximum atomic E-state index is 10.8. The van der Waals surface area contributed by atoms with Gasteiger partial charge in [-0.05, 0) is 44.0 Å². The van der Waals surface area contributed by atoms with Crippen LogP contribution in [0.3, 0.4) is 0 Å². The number of carbonyl (C=O) groups is 1. The van der Waals surface area contributed by atoms with Gasteiger partial charge in [-0.3, -0.25) is 9.69 Å². The standard InChI is InChI=1S/C15H19ClN2O/c16-15-9-13(5-4-12(15)11-19)18-8-2-7-17-6-1-3-14(17)10-18/h4-5,9,11,14H,1-3,6-8,10H2. The first kappa shape index (κ1) is 12.9. The minimum Gasteiger partial charge on any atom is -0.370 e. The van der Waals surface area contributed by atoms with E-state index in [9.17, 15) is 4.79 Å². The Hall–Kier alpha value is -1.06. The third-order valence-electron chi connectivity index (χ3n) is 4.28. The van der Waals surface area contributed by atoms with E-state index in [1.807, 2.05) is 18.2 Å². The smallest absolute Gasteiger partial charge is 0.151 e. The molecular formula is C15H19ClN2O. The zero-order chi connectivity index (χ0) is 13.2. The van der Waals surface area contributed by atoms with Gasteiger partial charge in [0, 0.05) is 36.9 Å². The zero-order valence-corrected chi connectivity index (χ0v) is 11.8. The number of halogens is 1. The van der Waals surface area contributed by atoms with Crippen molar-refractivity contribution in [3.05, 3.63) is 28.8 Å². The van der Waals surface area contributed by atoms with Gasteiger partial charge < -0.3 is 4.90 Å². The molecule has 0 N–H and O–H groups in total. The number of hydrogen-bond donors (Lipinski definition) is 0. The highest BCUT2D eigenvalue weighted by atomic mass is 35.5. The summed E-state index contributed by atoms with van der Waals surface area (Å²) in [6.07, 6.45) is 4.64. The summed E-state index contributed by atoms with van der Waals surface area (Å²) in [4.78, 5) is 15.8. The summed E-state index contributed by atoms with van der Waals surface area (Å²) in [7, 11) is 0. The number of fused-ring (bicyclic) bond motifs is 1. The normalized spacial score (nSPS) is 24.1. The highest BCUT2D eigenvalue weighted by Gasteiger charge is 2.28. The average Bonchev–Trinajstić information content (AvgIpc) is 2.76. The van der Waals surface area contributed by atoms with Crippen molar-refractivity contribution in [2.75, 3.05) is 31.1 Å². The Bertz CT molecular complexity index is 477. The van der Waals surface area contributed by atoms with Gasteiger partial charge in [-0.25, -0.2) is 0 Å². The van der Waals surface area contributed by atoms with Crippen LogP contribution in [-0.4, -0.2) is 43.4 Å². The van der Waals surface area contributed by atoms with E-state index >= 15 is 0 Å². The van der Waals surface area contributed by atoms with Gasteiger partial charge in [-0.1, -0.05) is 11.6 Å². The molecule has 0 bridgehead atoms. The van der Waals surface area contributed by atoms with Gasteiger partial charge in [0.05, 0.1) is 5.02 Å². The molecule has 0 amide bonds. The third-order valence-corrected chi connectivity index (χ3v) is 4.61. The fourth-order valence-electron chi connectivity index (χ4n) is 3.25. The first-order valence-electron chi connectivity index (χ1n) is 7.01. The first-order chi connectivity index (χ1) is 9.28. The van der Waals surface area contributed by atoms with Crippen molar-refractivity contribution in [1.82, 2.24) is 4.90 Å². The second-order valence-corrected chi connectivity index (χ2v) is 5.86. The number of benzene rings is 1. The number of rotatable bonds is 2. The molecule has 1 atom stereocenters. The van der Waals surface area contributed by atoms with E-state index < -0.39 is 0 Å². The van der Waals surface area contributed by atoms with Crippen LogP contribution < -0.4 is 4.90 Å². The van der Waals surface area contributed by atoms with E-state index in [2.05, 4.69) is 9.80 Å². The number of carbonyl (C=O) groups excluding carboxylic acids is 1. The van der Waals surface area contributed by atoms with E-state index in [4.69, 9.17) is 11.6 Å². The second-order valence-electron chi connectivity index (χ2n) is 5.46. The molecule has 1 unspecified atom stereocenters. The van der Waals surface area contributed by atoms with Crippen LogP contribution >= 0.6 is 11.6 Å². The maximum absolute atomic E-state index is 10.8. The number of nitrogens with zero attached hydrogens (tertiary/aromatic N) is 2. The van der Waals surface area contributed by atoms with E-state index in [0.29, 0.717) is 16.6 Å². The Kier molecular flexibility index (Phi) is 3.76. The van der Waals surface area contributed by atoms with Crippen molar-refractivity contribution in [2.45, 2.75) is 25.3 Å². The molecule has 0 saturated carbocycles.